The van der Waals surface area contributed by atoms with E-state index in [9.17, 15) is 5.11 Å². The molecule has 1 nitrogen and oxygen atoms in total. The van der Waals surface area contributed by atoms with Crippen LogP contribution in [0.15, 0.2) is 36.4 Å². The summed E-state index contributed by atoms with van der Waals surface area (Å²) in [6.45, 7) is 4.45. The Labute approximate surface area is 90.8 Å². The van der Waals surface area contributed by atoms with Crippen LogP contribution in [0, 0.1) is 5.92 Å². The van der Waals surface area contributed by atoms with Crippen LogP contribution in [0.1, 0.15) is 25.0 Å². The number of rotatable bonds is 2. The highest BCUT2D eigenvalue weighted by Gasteiger charge is 2.16. The maximum atomic E-state index is 9.27. The number of hydrogen-bond donors (Lipinski definition) is 1. The Morgan fingerprint density at radius 2 is 1.87 bits per heavy atom. The van der Waals surface area contributed by atoms with Crippen molar-refractivity contribution in [1.82, 2.24) is 0 Å². The summed E-state index contributed by atoms with van der Waals surface area (Å²) < 4.78 is 0. The molecule has 0 saturated heterocycles. The standard InChI is InChI=1S/C14H16O/c1-10(2)7-11-8-12(9-15)14-6-4-3-5-13(11)14/h3-8,10,15H,9H2,1-2H3/b11-7+. The Morgan fingerprint density at radius 3 is 2.47 bits per heavy atom. The van der Waals surface area contributed by atoms with Gasteiger partial charge in [0.15, 0.2) is 0 Å². The summed E-state index contributed by atoms with van der Waals surface area (Å²) in [7, 11) is 0. The quantitative estimate of drug-likeness (QED) is 0.777. The van der Waals surface area contributed by atoms with Crippen LogP contribution in [0.5, 0.6) is 0 Å². The van der Waals surface area contributed by atoms with Crippen LogP contribution in [-0.2, 0) is 0 Å². The summed E-state index contributed by atoms with van der Waals surface area (Å²) >= 11 is 0. The van der Waals surface area contributed by atoms with Gasteiger partial charge in [0, 0.05) is 0 Å². The molecule has 78 valence electrons. The first-order valence-corrected chi connectivity index (χ1v) is 5.35. The van der Waals surface area contributed by atoms with E-state index in [0.29, 0.717) is 5.92 Å². The fourth-order valence-corrected chi connectivity index (χ4v) is 1.99. The third kappa shape index (κ3) is 1.88. The summed E-state index contributed by atoms with van der Waals surface area (Å²) in [5.41, 5.74) is 4.68. The fourth-order valence-electron chi connectivity index (χ4n) is 1.99. The normalized spacial score (nSPS) is 17.1. The maximum Gasteiger partial charge on any atom is 0.0688 e. The molecule has 0 saturated carbocycles. The van der Waals surface area contributed by atoms with Gasteiger partial charge in [-0.3, -0.25) is 0 Å². The Morgan fingerprint density at radius 1 is 1.20 bits per heavy atom. The molecule has 1 aliphatic rings. The smallest absolute Gasteiger partial charge is 0.0688 e. The molecule has 0 aromatic heterocycles. The van der Waals surface area contributed by atoms with Gasteiger partial charge >= 0.3 is 0 Å². The summed E-state index contributed by atoms with van der Waals surface area (Å²) in [6.07, 6.45) is 4.33. The molecule has 0 heterocycles. The zero-order valence-corrected chi connectivity index (χ0v) is 9.20. The highest BCUT2D eigenvalue weighted by atomic mass is 16.3. The second-order valence-electron chi connectivity index (χ2n) is 4.24. The average molecular weight is 200 g/mol. The van der Waals surface area contributed by atoms with Crippen LogP contribution in [0.4, 0.5) is 0 Å². The van der Waals surface area contributed by atoms with E-state index < -0.39 is 0 Å². The zero-order chi connectivity index (χ0) is 10.8. The van der Waals surface area contributed by atoms with Gasteiger partial charge in [-0.2, -0.15) is 0 Å². The molecule has 0 fully saturated rings. The Bertz CT molecular complexity index is 425. The minimum Gasteiger partial charge on any atom is -0.392 e. The van der Waals surface area contributed by atoms with Crippen molar-refractivity contribution in [2.75, 3.05) is 6.61 Å². The van der Waals surface area contributed by atoms with Crippen molar-refractivity contribution in [3.63, 3.8) is 0 Å². The van der Waals surface area contributed by atoms with E-state index in [-0.39, 0.29) is 6.61 Å². The number of aliphatic hydroxyl groups is 1. The molecule has 0 aliphatic heterocycles. The molecule has 15 heavy (non-hydrogen) atoms. The van der Waals surface area contributed by atoms with Crippen molar-refractivity contribution < 1.29 is 5.11 Å². The van der Waals surface area contributed by atoms with Crippen molar-refractivity contribution >= 4 is 11.1 Å². The first-order valence-electron chi connectivity index (χ1n) is 5.35. The molecule has 1 aliphatic carbocycles. The average Bonchev–Trinajstić information content (AvgIpc) is 2.56. The molecular formula is C14H16O. The first kappa shape index (κ1) is 10.2. The number of allylic oxidation sites excluding steroid dienone is 3. The molecule has 0 unspecified atom stereocenters. The zero-order valence-electron chi connectivity index (χ0n) is 9.20. The van der Waals surface area contributed by atoms with Gasteiger partial charge in [0.1, 0.15) is 0 Å². The van der Waals surface area contributed by atoms with Crippen molar-refractivity contribution in [3.8, 4) is 0 Å². The van der Waals surface area contributed by atoms with Crippen LogP contribution in [0.25, 0.3) is 11.1 Å². The molecule has 1 aromatic carbocycles. The van der Waals surface area contributed by atoms with Crippen LogP contribution in [0.2, 0.25) is 0 Å². The van der Waals surface area contributed by atoms with E-state index in [1.807, 2.05) is 12.1 Å². The summed E-state index contributed by atoms with van der Waals surface area (Å²) in [4.78, 5) is 0. The Balaban J connectivity index is 2.51. The van der Waals surface area contributed by atoms with E-state index in [1.54, 1.807) is 0 Å². The second kappa shape index (κ2) is 4.03. The monoisotopic (exact) mass is 200 g/mol. The minimum absolute atomic E-state index is 0.118. The van der Waals surface area contributed by atoms with Crippen LogP contribution in [-0.4, -0.2) is 11.7 Å². The number of hydrogen-bond acceptors (Lipinski definition) is 1. The molecule has 0 radical (unpaired) electrons. The lowest BCUT2D eigenvalue weighted by atomic mass is 10.0. The Kier molecular flexibility index (Phi) is 2.74. The minimum atomic E-state index is 0.118. The van der Waals surface area contributed by atoms with Gasteiger partial charge in [-0.05, 0) is 34.3 Å². The molecule has 2 rings (SSSR count). The van der Waals surface area contributed by atoms with Gasteiger partial charge in [0.2, 0.25) is 0 Å². The summed E-state index contributed by atoms with van der Waals surface area (Å²) in [6, 6.07) is 8.24. The van der Waals surface area contributed by atoms with Gasteiger partial charge in [-0.25, -0.2) is 0 Å². The maximum absolute atomic E-state index is 9.27. The lowest BCUT2D eigenvalue weighted by Gasteiger charge is -2.03. The van der Waals surface area contributed by atoms with Gasteiger partial charge in [-0.15, -0.1) is 0 Å². The molecule has 0 amide bonds. The highest BCUT2D eigenvalue weighted by molar-refractivity contribution is 5.95. The van der Waals surface area contributed by atoms with E-state index in [0.717, 1.165) is 5.57 Å². The number of aliphatic hydroxyl groups excluding tert-OH is 1. The molecule has 1 aromatic rings. The second-order valence-corrected chi connectivity index (χ2v) is 4.24. The van der Waals surface area contributed by atoms with E-state index >= 15 is 0 Å². The Hall–Kier alpha value is -1.34. The van der Waals surface area contributed by atoms with Gasteiger partial charge in [-0.1, -0.05) is 44.2 Å². The largest absolute Gasteiger partial charge is 0.392 e. The SMILES string of the molecule is CC(C)/C=C1\C=C(CO)c2ccccc21. The third-order valence-corrected chi connectivity index (χ3v) is 2.60. The predicted molar refractivity (Wildman–Crippen MR) is 64.3 cm³/mol. The van der Waals surface area contributed by atoms with Gasteiger partial charge in [0.25, 0.3) is 0 Å². The first-order chi connectivity index (χ1) is 7.22. The van der Waals surface area contributed by atoms with Crippen molar-refractivity contribution in [2.24, 2.45) is 5.92 Å². The number of benzene rings is 1. The fraction of sp³-hybridized carbons (Fsp3) is 0.286. The van der Waals surface area contributed by atoms with Crippen LogP contribution < -0.4 is 0 Å². The van der Waals surface area contributed by atoms with Gasteiger partial charge in [0.05, 0.1) is 6.61 Å². The molecule has 1 heteroatoms. The van der Waals surface area contributed by atoms with E-state index in [2.05, 4.69) is 38.1 Å². The van der Waals surface area contributed by atoms with Crippen LogP contribution >= 0.6 is 0 Å². The molecule has 0 spiro atoms. The van der Waals surface area contributed by atoms with Crippen molar-refractivity contribution in [1.29, 1.82) is 0 Å². The topological polar surface area (TPSA) is 20.2 Å². The van der Waals surface area contributed by atoms with E-state index in [1.165, 1.54) is 16.7 Å². The van der Waals surface area contributed by atoms with Gasteiger partial charge < -0.3 is 5.11 Å². The molecule has 1 N–H and O–H groups in total. The highest BCUT2D eigenvalue weighted by Crippen LogP contribution is 2.35. The lowest BCUT2D eigenvalue weighted by Crippen LogP contribution is -1.88. The third-order valence-electron chi connectivity index (χ3n) is 2.60. The molecule has 0 bridgehead atoms. The number of fused-ring (bicyclic) bond motifs is 1. The molecular weight excluding hydrogens is 184 g/mol. The molecule has 0 atom stereocenters. The van der Waals surface area contributed by atoms with Crippen LogP contribution in [0.3, 0.4) is 0 Å². The lowest BCUT2D eigenvalue weighted by molar-refractivity contribution is 0.350. The summed E-state index contributed by atoms with van der Waals surface area (Å²) in [5.74, 6) is 0.530. The summed E-state index contributed by atoms with van der Waals surface area (Å²) in [5, 5.41) is 9.27. The van der Waals surface area contributed by atoms with E-state index in [4.69, 9.17) is 0 Å². The van der Waals surface area contributed by atoms with Crippen molar-refractivity contribution in [3.05, 3.63) is 47.5 Å². The predicted octanol–water partition coefficient (Wildman–Crippen LogP) is 3.12. The van der Waals surface area contributed by atoms with Crippen molar-refractivity contribution in [2.45, 2.75) is 13.8 Å².